The molecule has 2 aromatic rings. The summed E-state index contributed by atoms with van der Waals surface area (Å²) in [4.78, 5) is 17.6. The van der Waals surface area contributed by atoms with E-state index in [4.69, 9.17) is 23.7 Å². The van der Waals surface area contributed by atoms with E-state index in [0.29, 0.717) is 36.1 Å². The topological polar surface area (TPSA) is 69.7 Å². The van der Waals surface area contributed by atoms with E-state index in [1.165, 1.54) is 5.56 Å². The van der Waals surface area contributed by atoms with E-state index >= 15 is 0 Å². The van der Waals surface area contributed by atoms with Gasteiger partial charge in [0.25, 0.3) is 0 Å². The maximum absolute atomic E-state index is 13.3. The van der Waals surface area contributed by atoms with Gasteiger partial charge in [-0.3, -0.25) is 9.69 Å². The molecule has 1 amide bonds. The first-order valence-electron chi connectivity index (χ1n) is 11.8. The largest absolute Gasteiger partial charge is 0.493 e. The second kappa shape index (κ2) is 10.9. The van der Waals surface area contributed by atoms with Crippen LogP contribution in [0.2, 0.25) is 0 Å². The highest BCUT2D eigenvalue weighted by Gasteiger charge is 2.26. The van der Waals surface area contributed by atoms with Crippen molar-refractivity contribution in [2.24, 2.45) is 0 Å². The van der Waals surface area contributed by atoms with Crippen molar-refractivity contribution in [1.29, 1.82) is 0 Å². The van der Waals surface area contributed by atoms with Crippen molar-refractivity contribution in [3.05, 3.63) is 46.5 Å². The number of nitrogens with zero attached hydrogens (tertiary/aromatic N) is 2. The van der Waals surface area contributed by atoms with Crippen LogP contribution >= 0.6 is 0 Å². The first kappa shape index (κ1) is 24.7. The number of hydrogen-bond acceptors (Lipinski definition) is 7. The predicted molar refractivity (Wildman–Crippen MR) is 134 cm³/mol. The highest BCUT2D eigenvalue weighted by atomic mass is 16.5. The molecule has 1 aliphatic heterocycles. The van der Waals surface area contributed by atoms with Crippen molar-refractivity contribution in [3.8, 4) is 28.7 Å². The average Bonchev–Trinajstić information content (AvgIpc) is 2.91. The molecule has 1 saturated heterocycles. The van der Waals surface area contributed by atoms with Gasteiger partial charge in [-0.05, 0) is 59.9 Å². The number of ether oxygens (including phenoxy) is 5. The van der Waals surface area contributed by atoms with Crippen LogP contribution in [0.5, 0.6) is 28.7 Å². The average molecular weight is 483 g/mol. The minimum atomic E-state index is 0.123. The fourth-order valence-corrected chi connectivity index (χ4v) is 4.78. The maximum atomic E-state index is 13.3. The molecule has 0 N–H and O–H groups in total. The Hall–Kier alpha value is -3.39. The quantitative estimate of drug-likeness (QED) is 0.571. The van der Waals surface area contributed by atoms with Gasteiger partial charge >= 0.3 is 0 Å². The van der Waals surface area contributed by atoms with Crippen LogP contribution < -0.4 is 23.7 Å². The van der Waals surface area contributed by atoms with E-state index in [2.05, 4.69) is 4.90 Å². The Balaban J connectivity index is 1.40. The summed E-state index contributed by atoms with van der Waals surface area (Å²) in [5.41, 5.74) is 4.13. The molecule has 0 atom stereocenters. The van der Waals surface area contributed by atoms with Gasteiger partial charge in [-0.2, -0.15) is 0 Å². The Kier molecular flexibility index (Phi) is 7.70. The molecular formula is C27H34N2O6. The van der Waals surface area contributed by atoms with Crippen molar-refractivity contribution < 1.29 is 28.5 Å². The lowest BCUT2D eigenvalue weighted by molar-refractivity contribution is -0.129. The van der Waals surface area contributed by atoms with Gasteiger partial charge in [-0.1, -0.05) is 0 Å². The lowest BCUT2D eigenvalue weighted by atomic mass is 9.91. The third kappa shape index (κ3) is 5.17. The molecule has 2 aromatic carbocycles. The Labute approximate surface area is 207 Å². The van der Waals surface area contributed by atoms with Gasteiger partial charge in [0, 0.05) is 38.3 Å². The van der Waals surface area contributed by atoms with Gasteiger partial charge in [0.15, 0.2) is 23.0 Å². The van der Waals surface area contributed by atoms with E-state index in [9.17, 15) is 4.79 Å². The Morgan fingerprint density at radius 2 is 1.34 bits per heavy atom. The van der Waals surface area contributed by atoms with Gasteiger partial charge in [-0.15, -0.1) is 0 Å². The molecule has 4 rings (SSSR count). The molecule has 1 heterocycles. The Bertz CT molecular complexity index is 1080. The molecule has 35 heavy (non-hydrogen) atoms. The third-order valence-electron chi connectivity index (χ3n) is 6.70. The second-order valence-electron chi connectivity index (χ2n) is 8.68. The summed E-state index contributed by atoms with van der Waals surface area (Å²) >= 11 is 0. The number of amides is 1. The zero-order valence-electron chi connectivity index (χ0n) is 21.2. The molecule has 0 spiro atoms. The number of carbonyl (C=O) groups is 1. The highest BCUT2D eigenvalue weighted by Crippen LogP contribution is 2.39. The monoisotopic (exact) mass is 482 g/mol. The first-order valence-corrected chi connectivity index (χ1v) is 11.8. The van der Waals surface area contributed by atoms with Gasteiger partial charge < -0.3 is 28.6 Å². The summed E-state index contributed by atoms with van der Waals surface area (Å²) in [6.07, 6.45) is 3.55. The van der Waals surface area contributed by atoms with Gasteiger partial charge in [0.2, 0.25) is 11.7 Å². The lowest BCUT2D eigenvalue weighted by Crippen LogP contribution is -2.48. The molecule has 2 aliphatic rings. The van der Waals surface area contributed by atoms with Crippen LogP contribution in [0, 0.1) is 0 Å². The minimum absolute atomic E-state index is 0.123. The zero-order chi connectivity index (χ0) is 24.9. The molecule has 0 unspecified atom stereocenters. The van der Waals surface area contributed by atoms with E-state index in [0.717, 1.165) is 54.9 Å². The van der Waals surface area contributed by atoms with Crippen LogP contribution in [0.4, 0.5) is 0 Å². The van der Waals surface area contributed by atoms with E-state index in [-0.39, 0.29) is 5.91 Å². The molecule has 1 aliphatic carbocycles. The molecule has 8 heteroatoms. The third-order valence-corrected chi connectivity index (χ3v) is 6.70. The summed E-state index contributed by atoms with van der Waals surface area (Å²) in [5.74, 6) is 3.41. The van der Waals surface area contributed by atoms with Crippen molar-refractivity contribution >= 4 is 12.0 Å². The summed E-state index contributed by atoms with van der Waals surface area (Å²) in [7, 11) is 8.11. The van der Waals surface area contributed by atoms with Crippen molar-refractivity contribution in [1.82, 2.24) is 9.80 Å². The number of hydrogen-bond donors (Lipinski definition) is 0. The number of benzene rings is 2. The SMILES string of the molecule is COc1cc2c(cc1OC)CCC(C(=O)N1CCN(Cc3cc(OC)c(OC)c(OC)c3)CC1)=C2. The first-order chi connectivity index (χ1) is 17.0. The van der Waals surface area contributed by atoms with Crippen molar-refractivity contribution in [2.75, 3.05) is 61.7 Å². The smallest absolute Gasteiger partial charge is 0.249 e. The number of fused-ring (bicyclic) bond motifs is 1. The normalized spacial score (nSPS) is 15.7. The molecule has 188 valence electrons. The highest BCUT2D eigenvalue weighted by molar-refractivity contribution is 5.99. The van der Waals surface area contributed by atoms with Gasteiger partial charge in [0.05, 0.1) is 35.5 Å². The van der Waals surface area contributed by atoms with E-state index in [1.807, 2.05) is 35.2 Å². The number of carbonyl (C=O) groups excluding carboxylic acids is 1. The molecule has 0 radical (unpaired) electrons. The second-order valence-corrected chi connectivity index (χ2v) is 8.68. The number of piperazine rings is 1. The van der Waals surface area contributed by atoms with Crippen molar-refractivity contribution in [2.45, 2.75) is 19.4 Å². The number of aryl methyl sites for hydroxylation is 1. The number of methoxy groups -OCH3 is 5. The Morgan fingerprint density at radius 3 is 1.91 bits per heavy atom. The molecule has 0 aromatic heterocycles. The fourth-order valence-electron chi connectivity index (χ4n) is 4.78. The molecule has 8 nitrogen and oxygen atoms in total. The summed E-state index contributed by atoms with van der Waals surface area (Å²) in [6, 6.07) is 7.92. The summed E-state index contributed by atoms with van der Waals surface area (Å²) in [5, 5.41) is 0. The van der Waals surface area contributed by atoms with Crippen molar-refractivity contribution in [3.63, 3.8) is 0 Å². The maximum Gasteiger partial charge on any atom is 0.249 e. The predicted octanol–water partition coefficient (Wildman–Crippen LogP) is 3.40. The van der Waals surface area contributed by atoms with Crippen LogP contribution in [0.1, 0.15) is 23.1 Å². The zero-order valence-corrected chi connectivity index (χ0v) is 21.2. The molecule has 0 saturated carbocycles. The fraction of sp³-hybridized carbons (Fsp3) is 0.444. The minimum Gasteiger partial charge on any atom is -0.493 e. The Morgan fingerprint density at radius 1 is 0.743 bits per heavy atom. The molecule has 1 fully saturated rings. The molecular weight excluding hydrogens is 448 g/mol. The van der Waals surface area contributed by atoms with Gasteiger partial charge in [0.1, 0.15) is 0 Å². The van der Waals surface area contributed by atoms with Crippen LogP contribution in [0.3, 0.4) is 0 Å². The summed E-state index contributed by atoms with van der Waals surface area (Å²) in [6.45, 7) is 3.74. The van der Waals surface area contributed by atoms with Crippen LogP contribution in [-0.4, -0.2) is 77.4 Å². The summed E-state index contributed by atoms with van der Waals surface area (Å²) < 4.78 is 27.2. The molecule has 0 bridgehead atoms. The van der Waals surface area contributed by atoms with Crippen LogP contribution in [0.25, 0.3) is 6.08 Å². The lowest BCUT2D eigenvalue weighted by Gasteiger charge is -2.35. The van der Waals surface area contributed by atoms with E-state index < -0.39 is 0 Å². The van der Waals surface area contributed by atoms with E-state index in [1.54, 1.807) is 35.5 Å². The standard InChI is InChI=1S/C27H34N2O6/c1-31-22-15-19-6-7-20(14-21(19)16-23(22)32-2)27(30)29-10-8-28(9-11-29)17-18-12-24(33-3)26(35-5)25(13-18)34-4/h12-16H,6-11,17H2,1-5H3. The number of rotatable bonds is 8. The van der Waals surface area contributed by atoms with Gasteiger partial charge in [-0.25, -0.2) is 0 Å². The van der Waals surface area contributed by atoms with Crippen LogP contribution in [-0.2, 0) is 17.8 Å². The van der Waals surface area contributed by atoms with Crippen LogP contribution in [0.15, 0.2) is 29.8 Å².